The first-order chi connectivity index (χ1) is 7.16. The van der Waals surface area contributed by atoms with Gasteiger partial charge in [0.1, 0.15) is 0 Å². The maximum Gasteiger partial charge on any atom is 0.261 e. The van der Waals surface area contributed by atoms with E-state index < -0.39 is 0 Å². The highest BCUT2D eigenvalue weighted by Crippen LogP contribution is 2.32. The van der Waals surface area contributed by atoms with E-state index in [1.165, 1.54) is 24.2 Å². The van der Waals surface area contributed by atoms with E-state index in [2.05, 4.69) is 37.2 Å². The van der Waals surface area contributed by atoms with Crippen LogP contribution in [0.15, 0.2) is 14.3 Å². The maximum absolute atomic E-state index is 11.8. The van der Waals surface area contributed by atoms with E-state index >= 15 is 0 Å². The molecule has 1 aliphatic rings. The second-order valence-electron chi connectivity index (χ2n) is 3.69. The minimum atomic E-state index is 0.0540. The summed E-state index contributed by atoms with van der Waals surface area (Å²) in [5.74, 6) is 0.0540. The Balaban J connectivity index is 2.00. The van der Waals surface area contributed by atoms with Gasteiger partial charge in [-0.25, -0.2) is 0 Å². The van der Waals surface area contributed by atoms with Crippen LogP contribution in [0.2, 0.25) is 0 Å². The van der Waals surface area contributed by atoms with Gasteiger partial charge in [-0.15, -0.1) is 11.3 Å². The Morgan fingerprint density at radius 1 is 1.40 bits per heavy atom. The van der Waals surface area contributed by atoms with Crippen molar-refractivity contribution in [3.63, 3.8) is 0 Å². The molecule has 0 spiro atoms. The third-order valence-electron chi connectivity index (χ3n) is 2.56. The topological polar surface area (TPSA) is 29.1 Å². The highest BCUT2D eigenvalue weighted by molar-refractivity contribution is 9.13. The second kappa shape index (κ2) is 4.97. The standard InChI is InChI=1S/C10H11Br2NOS/c11-7-5-8(15-9(7)12)10(14)13-6-3-1-2-4-6/h5-6H,1-4H2,(H,13,14). The zero-order valence-corrected chi connectivity index (χ0v) is 12.0. The largest absolute Gasteiger partial charge is 0.349 e. The molecule has 1 N–H and O–H groups in total. The lowest BCUT2D eigenvalue weighted by molar-refractivity contribution is 0.0942. The molecule has 0 atom stereocenters. The summed E-state index contributed by atoms with van der Waals surface area (Å²) in [6.45, 7) is 0. The van der Waals surface area contributed by atoms with E-state index in [1.54, 1.807) is 0 Å². The molecule has 2 rings (SSSR count). The lowest BCUT2D eigenvalue weighted by Gasteiger charge is -2.10. The number of thiophene rings is 1. The van der Waals surface area contributed by atoms with Crippen LogP contribution in [0.3, 0.4) is 0 Å². The van der Waals surface area contributed by atoms with Crippen molar-refractivity contribution in [3.05, 3.63) is 19.2 Å². The van der Waals surface area contributed by atoms with E-state index in [0.29, 0.717) is 6.04 Å². The summed E-state index contributed by atoms with van der Waals surface area (Å²) in [5, 5.41) is 3.07. The molecule has 0 radical (unpaired) electrons. The van der Waals surface area contributed by atoms with Crippen molar-refractivity contribution < 1.29 is 4.79 Å². The smallest absolute Gasteiger partial charge is 0.261 e. The van der Waals surface area contributed by atoms with Crippen LogP contribution < -0.4 is 5.32 Å². The van der Waals surface area contributed by atoms with Crippen LogP contribution in [-0.2, 0) is 0 Å². The third-order valence-corrected chi connectivity index (χ3v) is 5.81. The summed E-state index contributed by atoms with van der Waals surface area (Å²) in [6, 6.07) is 2.25. The Labute approximate surface area is 110 Å². The first kappa shape index (κ1) is 11.6. The van der Waals surface area contributed by atoms with Crippen molar-refractivity contribution >= 4 is 49.1 Å². The van der Waals surface area contributed by atoms with Gasteiger partial charge in [-0.3, -0.25) is 4.79 Å². The van der Waals surface area contributed by atoms with Crippen molar-refractivity contribution in [2.24, 2.45) is 0 Å². The molecule has 0 bridgehead atoms. The van der Waals surface area contributed by atoms with Gasteiger partial charge in [-0.2, -0.15) is 0 Å². The van der Waals surface area contributed by atoms with Crippen molar-refractivity contribution in [2.75, 3.05) is 0 Å². The molecule has 1 aliphatic carbocycles. The van der Waals surface area contributed by atoms with Crippen LogP contribution in [-0.4, -0.2) is 11.9 Å². The van der Waals surface area contributed by atoms with E-state index in [-0.39, 0.29) is 5.91 Å². The molecule has 0 saturated heterocycles. The molecule has 15 heavy (non-hydrogen) atoms. The monoisotopic (exact) mass is 351 g/mol. The summed E-state index contributed by atoms with van der Waals surface area (Å²) in [6.07, 6.45) is 4.73. The van der Waals surface area contributed by atoms with Gasteiger partial charge in [0.2, 0.25) is 0 Å². The quantitative estimate of drug-likeness (QED) is 0.857. The molecule has 0 aliphatic heterocycles. The first-order valence-corrected chi connectivity index (χ1v) is 7.33. The number of carbonyl (C=O) groups excluding carboxylic acids is 1. The molecule has 1 heterocycles. The van der Waals surface area contributed by atoms with Crippen molar-refractivity contribution in [1.29, 1.82) is 0 Å². The maximum atomic E-state index is 11.8. The third kappa shape index (κ3) is 2.82. The fourth-order valence-electron chi connectivity index (χ4n) is 1.79. The van der Waals surface area contributed by atoms with E-state index in [0.717, 1.165) is 26.0 Å². The van der Waals surface area contributed by atoms with Crippen molar-refractivity contribution in [1.82, 2.24) is 5.32 Å². The Kier molecular flexibility index (Phi) is 3.85. The van der Waals surface area contributed by atoms with Gasteiger partial charge < -0.3 is 5.32 Å². The lowest BCUT2D eigenvalue weighted by atomic mass is 10.2. The number of nitrogens with one attached hydrogen (secondary N) is 1. The Morgan fingerprint density at radius 3 is 2.60 bits per heavy atom. The summed E-state index contributed by atoms with van der Waals surface area (Å²) < 4.78 is 1.92. The van der Waals surface area contributed by atoms with E-state index in [9.17, 15) is 4.79 Å². The Hall–Kier alpha value is 0.130. The Morgan fingerprint density at radius 2 is 2.07 bits per heavy atom. The van der Waals surface area contributed by atoms with Gasteiger partial charge in [0.25, 0.3) is 5.91 Å². The predicted octanol–water partition coefficient (Wildman–Crippen LogP) is 3.95. The van der Waals surface area contributed by atoms with Gasteiger partial charge >= 0.3 is 0 Å². The van der Waals surface area contributed by atoms with Crippen LogP contribution in [0, 0.1) is 0 Å². The summed E-state index contributed by atoms with van der Waals surface area (Å²) in [5.41, 5.74) is 0. The normalized spacial score (nSPS) is 16.9. The number of rotatable bonds is 2. The van der Waals surface area contributed by atoms with E-state index in [1.807, 2.05) is 6.07 Å². The van der Waals surface area contributed by atoms with Gasteiger partial charge in [0, 0.05) is 10.5 Å². The summed E-state index contributed by atoms with van der Waals surface area (Å²) >= 11 is 8.23. The molecule has 2 nitrogen and oxygen atoms in total. The fraction of sp³-hybridized carbons (Fsp3) is 0.500. The van der Waals surface area contributed by atoms with Gasteiger partial charge in [0.05, 0.1) is 8.66 Å². The molecule has 5 heteroatoms. The molecule has 1 aromatic heterocycles. The number of halogens is 2. The molecule has 82 valence electrons. The molecule has 1 aromatic rings. The molecule has 0 unspecified atom stereocenters. The number of hydrogen-bond donors (Lipinski definition) is 1. The molecular weight excluding hydrogens is 342 g/mol. The fourth-order valence-corrected chi connectivity index (χ4v) is 3.72. The minimum Gasteiger partial charge on any atom is -0.349 e. The van der Waals surface area contributed by atoms with Gasteiger partial charge in [-0.05, 0) is 50.8 Å². The number of amides is 1. The Bertz CT molecular complexity index is 352. The average Bonchev–Trinajstić information content (AvgIpc) is 2.78. The molecule has 1 saturated carbocycles. The summed E-state index contributed by atoms with van der Waals surface area (Å²) in [4.78, 5) is 12.6. The molecule has 1 amide bonds. The van der Waals surface area contributed by atoms with Crippen LogP contribution in [0.1, 0.15) is 35.4 Å². The number of hydrogen-bond acceptors (Lipinski definition) is 2. The number of carbonyl (C=O) groups is 1. The molecule has 0 aromatic carbocycles. The van der Waals surface area contributed by atoms with Crippen LogP contribution in [0.4, 0.5) is 0 Å². The van der Waals surface area contributed by atoms with Crippen LogP contribution >= 0.6 is 43.2 Å². The SMILES string of the molecule is O=C(NC1CCCC1)c1cc(Br)c(Br)s1. The van der Waals surface area contributed by atoms with Gasteiger partial charge in [-0.1, -0.05) is 12.8 Å². The van der Waals surface area contributed by atoms with Gasteiger partial charge in [0.15, 0.2) is 0 Å². The molecule has 1 fully saturated rings. The second-order valence-corrected chi connectivity index (χ2v) is 6.91. The van der Waals surface area contributed by atoms with Crippen LogP contribution in [0.5, 0.6) is 0 Å². The zero-order valence-electron chi connectivity index (χ0n) is 8.06. The summed E-state index contributed by atoms with van der Waals surface area (Å²) in [7, 11) is 0. The highest BCUT2D eigenvalue weighted by Gasteiger charge is 2.19. The van der Waals surface area contributed by atoms with Crippen LogP contribution in [0.25, 0.3) is 0 Å². The minimum absolute atomic E-state index is 0.0540. The average molecular weight is 353 g/mol. The van der Waals surface area contributed by atoms with Crippen molar-refractivity contribution in [3.8, 4) is 0 Å². The zero-order chi connectivity index (χ0) is 10.8. The first-order valence-electron chi connectivity index (χ1n) is 4.92. The van der Waals surface area contributed by atoms with Crippen molar-refractivity contribution in [2.45, 2.75) is 31.7 Å². The highest BCUT2D eigenvalue weighted by atomic mass is 79.9. The lowest BCUT2D eigenvalue weighted by Crippen LogP contribution is -2.31. The van der Waals surface area contributed by atoms with E-state index in [4.69, 9.17) is 0 Å². The molecular formula is C10H11Br2NOS. The predicted molar refractivity (Wildman–Crippen MR) is 69.4 cm³/mol.